The first-order valence-corrected chi connectivity index (χ1v) is 7.00. The van der Waals surface area contributed by atoms with E-state index in [9.17, 15) is 19.8 Å². The van der Waals surface area contributed by atoms with Gasteiger partial charge in [-0.25, -0.2) is 4.79 Å². The van der Waals surface area contributed by atoms with Gasteiger partial charge in [0.25, 0.3) is 0 Å². The van der Waals surface area contributed by atoms with E-state index in [1.165, 1.54) is 4.90 Å². The minimum atomic E-state index is -1.08. The largest absolute Gasteiger partial charge is 0.477 e. The van der Waals surface area contributed by atoms with Gasteiger partial charge in [0, 0.05) is 13.0 Å². The zero-order valence-electron chi connectivity index (χ0n) is 11.6. The molecular formula is C14H19NO5. The molecule has 1 unspecified atom stereocenters. The van der Waals surface area contributed by atoms with Crippen molar-refractivity contribution in [3.05, 3.63) is 11.3 Å². The third-order valence-electron chi connectivity index (χ3n) is 4.85. The molecule has 110 valence electrons. The van der Waals surface area contributed by atoms with Gasteiger partial charge in [-0.05, 0) is 31.8 Å². The molecule has 0 radical (unpaired) electrons. The van der Waals surface area contributed by atoms with Crippen LogP contribution in [0.25, 0.3) is 0 Å². The Labute approximate surface area is 117 Å². The first kappa shape index (κ1) is 13.6. The molecule has 0 aromatic carbocycles. The Hall–Kier alpha value is -1.40. The smallest absolute Gasteiger partial charge is 0.352 e. The molecule has 0 aromatic rings. The van der Waals surface area contributed by atoms with E-state index in [0.717, 1.165) is 24.8 Å². The van der Waals surface area contributed by atoms with Gasteiger partial charge in [-0.1, -0.05) is 0 Å². The normalized spacial score (nSPS) is 37.4. The van der Waals surface area contributed by atoms with Crippen LogP contribution in [0, 0.1) is 11.8 Å². The highest BCUT2D eigenvalue weighted by molar-refractivity contribution is 6.00. The van der Waals surface area contributed by atoms with Crippen LogP contribution in [0.4, 0.5) is 0 Å². The summed E-state index contributed by atoms with van der Waals surface area (Å²) in [6, 6.07) is -0.207. The van der Waals surface area contributed by atoms with Crippen LogP contribution in [-0.4, -0.2) is 52.3 Å². The molecule has 5 atom stereocenters. The van der Waals surface area contributed by atoms with Gasteiger partial charge in [-0.2, -0.15) is 0 Å². The highest BCUT2D eigenvalue weighted by Crippen LogP contribution is 2.52. The molecule has 1 saturated carbocycles. The fraction of sp³-hybridized carbons (Fsp3) is 0.714. The zero-order valence-corrected chi connectivity index (χ0v) is 11.6. The number of rotatable bonds is 3. The summed E-state index contributed by atoms with van der Waals surface area (Å²) in [4.78, 5) is 25.1. The number of fused-ring (bicyclic) bond motifs is 3. The van der Waals surface area contributed by atoms with E-state index < -0.39 is 18.0 Å². The molecule has 1 amide bonds. The maximum atomic E-state index is 12.2. The lowest BCUT2D eigenvalue weighted by atomic mass is 9.72. The number of ether oxygens (including phenoxy) is 1. The summed E-state index contributed by atoms with van der Waals surface area (Å²) >= 11 is 0. The van der Waals surface area contributed by atoms with Crippen molar-refractivity contribution in [2.24, 2.45) is 11.8 Å². The van der Waals surface area contributed by atoms with E-state index in [1.54, 1.807) is 14.0 Å². The van der Waals surface area contributed by atoms with Gasteiger partial charge in [0.05, 0.1) is 24.2 Å². The molecule has 2 N–H and O–H groups in total. The number of nitrogens with zero attached hydrogens (tertiary/aromatic N) is 1. The minimum absolute atomic E-state index is 0.0112. The lowest BCUT2D eigenvalue weighted by molar-refractivity contribution is -0.163. The Balaban J connectivity index is 2.04. The van der Waals surface area contributed by atoms with Crippen molar-refractivity contribution in [3.63, 3.8) is 0 Å². The number of aliphatic hydroxyl groups excluding tert-OH is 1. The molecule has 3 rings (SSSR count). The molecule has 2 heterocycles. The van der Waals surface area contributed by atoms with Crippen molar-refractivity contribution in [2.45, 2.75) is 44.4 Å². The summed E-state index contributed by atoms with van der Waals surface area (Å²) in [6.45, 7) is 1.59. The molecule has 2 aliphatic heterocycles. The van der Waals surface area contributed by atoms with Crippen LogP contribution in [0.5, 0.6) is 0 Å². The van der Waals surface area contributed by atoms with E-state index in [4.69, 9.17) is 4.74 Å². The van der Waals surface area contributed by atoms with E-state index in [-0.39, 0.29) is 29.7 Å². The SMILES string of the molecule is CO[C@@H]1CCC[C@H]2C1=C(C(=O)O)N1C(=O)C([C@@H](C)O)[C@@H]21. The summed E-state index contributed by atoms with van der Waals surface area (Å²) in [5, 5.41) is 19.2. The maximum absolute atomic E-state index is 12.2. The van der Waals surface area contributed by atoms with Gasteiger partial charge in [0.2, 0.25) is 5.91 Å². The highest BCUT2D eigenvalue weighted by Gasteiger charge is 2.62. The van der Waals surface area contributed by atoms with Crippen LogP contribution in [-0.2, 0) is 14.3 Å². The van der Waals surface area contributed by atoms with Crippen molar-refractivity contribution in [2.75, 3.05) is 7.11 Å². The molecule has 0 aromatic heterocycles. The van der Waals surface area contributed by atoms with Crippen molar-refractivity contribution in [1.29, 1.82) is 0 Å². The third-order valence-corrected chi connectivity index (χ3v) is 4.85. The van der Waals surface area contributed by atoms with E-state index in [1.807, 2.05) is 0 Å². The first-order valence-electron chi connectivity index (χ1n) is 7.00. The average Bonchev–Trinajstić information content (AvgIpc) is 2.69. The summed E-state index contributed by atoms with van der Waals surface area (Å²) in [6.07, 6.45) is 1.61. The van der Waals surface area contributed by atoms with Crippen LogP contribution in [0.3, 0.4) is 0 Å². The van der Waals surface area contributed by atoms with Gasteiger partial charge >= 0.3 is 5.97 Å². The van der Waals surface area contributed by atoms with E-state index >= 15 is 0 Å². The summed E-state index contributed by atoms with van der Waals surface area (Å²) in [5.41, 5.74) is 0.834. The van der Waals surface area contributed by atoms with Gasteiger partial charge in [-0.15, -0.1) is 0 Å². The molecule has 6 heteroatoms. The van der Waals surface area contributed by atoms with Gasteiger partial charge in [-0.3, -0.25) is 4.79 Å². The molecule has 1 saturated heterocycles. The summed E-state index contributed by atoms with van der Waals surface area (Å²) < 4.78 is 5.42. The summed E-state index contributed by atoms with van der Waals surface area (Å²) in [5.74, 6) is -1.83. The number of methoxy groups -OCH3 is 1. The predicted octanol–water partition coefficient (Wildman–Crippen LogP) is 0.362. The van der Waals surface area contributed by atoms with E-state index in [0.29, 0.717) is 0 Å². The monoisotopic (exact) mass is 281 g/mol. The number of carboxylic acid groups (broad SMARTS) is 1. The van der Waals surface area contributed by atoms with Crippen LogP contribution in [0.1, 0.15) is 26.2 Å². The second-order valence-corrected chi connectivity index (χ2v) is 5.84. The predicted molar refractivity (Wildman–Crippen MR) is 68.6 cm³/mol. The lowest BCUT2D eigenvalue weighted by Gasteiger charge is -2.47. The van der Waals surface area contributed by atoms with Crippen molar-refractivity contribution < 1.29 is 24.5 Å². The fourth-order valence-electron chi connectivity index (χ4n) is 4.08. The average molecular weight is 281 g/mol. The number of aliphatic hydroxyl groups is 1. The molecule has 1 aliphatic carbocycles. The Morgan fingerprint density at radius 3 is 2.70 bits per heavy atom. The molecule has 20 heavy (non-hydrogen) atoms. The number of aliphatic carboxylic acids is 1. The number of carboxylic acids is 1. The van der Waals surface area contributed by atoms with Crippen LogP contribution in [0.15, 0.2) is 11.3 Å². The number of hydrogen-bond donors (Lipinski definition) is 2. The van der Waals surface area contributed by atoms with Crippen molar-refractivity contribution in [3.8, 4) is 0 Å². The zero-order chi connectivity index (χ0) is 14.6. The molecule has 6 nitrogen and oxygen atoms in total. The number of hydrogen-bond acceptors (Lipinski definition) is 4. The Bertz CT molecular complexity index is 498. The Morgan fingerprint density at radius 2 is 2.15 bits per heavy atom. The fourth-order valence-corrected chi connectivity index (χ4v) is 4.08. The van der Waals surface area contributed by atoms with Crippen molar-refractivity contribution >= 4 is 11.9 Å². The molecular weight excluding hydrogens is 262 g/mol. The lowest BCUT2D eigenvalue weighted by Crippen LogP contribution is -2.64. The van der Waals surface area contributed by atoms with Crippen LogP contribution < -0.4 is 0 Å². The standard InChI is InChI=1S/C14H19NO5/c1-6(16)9-11-7-4-3-5-8(20-2)10(7)12(14(18)19)15(11)13(9)17/h6-9,11,16H,3-5H2,1-2H3,(H,18,19)/t6-,7+,8-,9?,11-/m1/s1. The topological polar surface area (TPSA) is 87.1 Å². The number of β-lactam (4-membered cyclic amide) rings is 1. The summed E-state index contributed by atoms with van der Waals surface area (Å²) in [7, 11) is 1.57. The first-order chi connectivity index (χ1) is 9.49. The highest BCUT2D eigenvalue weighted by atomic mass is 16.5. The molecule has 3 aliphatic rings. The number of carbonyl (C=O) groups is 2. The molecule has 2 fully saturated rings. The van der Waals surface area contributed by atoms with Gasteiger partial charge in [0.15, 0.2) is 0 Å². The van der Waals surface area contributed by atoms with Crippen LogP contribution in [0.2, 0.25) is 0 Å². The van der Waals surface area contributed by atoms with Crippen LogP contribution >= 0.6 is 0 Å². The maximum Gasteiger partial charge on any atom is 0.352 e. The number of carbonyl (C=O) groups excluding carboxylic acids is 1. The third kappa shape index (κ3) is 1.58. The Morgan fingerprint density at radius 1 is 1.45 bits per heavy atom. The second-order valence-electron chi connectivity index (χ2n) is 5.84. The van der Waals surface area contributed by atoms with E-state index in [2.05, 4.69) is 0 Å². The second kappa shape index (κ2) is 4.56. The van der Waals surface area contributed by atoms with Gasteiger partial charge < -0.3 is 19.8 Å². The van der Waals surface area contributed by atoms with Crippen molar-refractivity contribution in [1.82, 2.24) is 4.90 Å². The quantitative estimate of drug-likeness (QED) is 0.729. The number of amides is 1. The minimum Gasteiger partial charge on any atom is -0.477 e. The molecule has 0 spiro atoms. The van der Waals surface area contributed by atoms with Gasteiger partial charge in [0.1, 0.15) is 5.70 Å². The Kier molecular flexibility index (Phi) is 3.10. The molecule has 0 bridgehead atoms.